The molecule has 1 aliphatic heterocycles. The van der Waals surface area contributed by atoms with E-state index in [0.29, 0.717) is 12.1 Å². The van der Waals surface area contributed by atoms with Crippen molar-refractivity contribution in [3.8, 4) is 0 Å². The van der Waals surface area contributed by atoms with Crippen molar-refractivity contribution in [1.29, 1.82) is 0 Å². The third-order valence-electron chi connectivity index (χ3n) is 4.19. The fraction of sp³-hybridized carbons (Fsp3) is 0.500. The Morgan fingerprint density at radius 2 is 2.26 bits per heavy atom. The van der Waals surface area contributed by atoms with E-state index in [1.54, 1.807) is 0 Å². The molecule has 0 aliphatic carbocycles. The van der Waals surface area contributed by atoms with Crippen molar-refractivity contribution in [2.45, 2.75) is 31.8 Å². The molecule has 3 heteroatoms. The highest BCUT2D eigenvalue weighted by atomic mass is 16.3. The van der Waals surface area contributed by atoms with Crippen molar-refractivity contribution in [3.63, 3.8) is 0 Å². The number of rotatable bonds is 4. The SMILES string of the molecule is CC(c1cc2ccccc2o1)N(C)CC1CCCN1. The van der Waals surface area contributed by atoms with E-state index in [2.05, 4.69) is 42.4 Å². The summed E-state index contributed by atoms with van der Waals surface area (Å²) in [6, 6.07) is 11.3. The van der Waals surface area contributed by atoms with E-state index < -0.39 is 0 Å². The zero-order valence-corrected chi connectivity index (χ0v) is 11.7. The van der Waals surface area contributed by atoms with Gasteiger partial charge in [-0.25, -0.2) is 0 Å². The number of fused-ring (bicyclic) bond motifs is 1. The van der Waals surface area contributed by atoms with Crippen molar-refractivity contribution in [3.05, 3.63) is 36.1 Å². The van der Waals surface area contributed by atoms with Gasteiger partial charge in [0, 0.05) is 18.0 Å². The Bertz CT molecular complexity index is 509. The monoisotopic (exact) mass is 258 g/mol. The molecule has 1 aromatic carbocycles. The van der Waals surface area contributed by atoms with E-state index in [9.17, 15) is 0 Å². The van der Waals surface area contributed by atoms with Gasteiger partial charge in [-0.2, -0.15) is 0 Å². The highest BCUT2D eigenvalue weighted by molar-refractivity contribution is 5.77. The molecule has 1 aromatic heterocycles. The largest absolute Gasteiger partial charge is 0.459 e. The molecule has 0 spiro atoms. The van der Waals surface area contributed by atoms with Gasteiger partial charge in [-0.15, -0.1) is 0 Å². The van der Waals surface area contributed by atoms with Crippen LogP contribution in [0.25, 0.3) is 11.0 Å². The van der Waals surface area contributed by atoms with Crippen molar-refractivity contribution in [2.75, 3.05) is 20.1 Å². The van der Waals surface area contributed by atoms with Gasteiger partial charge >= 0.3 is 0 Å². The van der Waals surface area contributed by atoms with Crippen LogP contribution < -0.4 is 5.32 Å². The molecule has 3 nitrogen and oxygen atoms in total. The molecule has 102 valence electrons. The number of hydrogen-bond acceptors (Lipinski definition) is 3. The van der Waals surface area contributed by atoms with Crippen LogP contribution in [0, 0.1) is 0 Å². The fourth-order valence-corrected chi connectivity index (χ4v) is 2.84. The van der Waals surface area contributed by atoms with Crippen molar-refractivity contribution < 1.29 is 4.42 Å². The minimum Gasteiger partial charge on any atom is -0.459 e. The molecular weight excluding hydrogens is 236 g/mol. The number of benzene rings is 1. The Labute approximate surface area is 114 Å². The van der Waals surface area contributed by atoms with Crippen LogP contribution in [0.1, 0.15) is 31.6 Å². The predicted molar refractivity (Wildman–Crippen MR) is 78.3 cm³/mol. The van der Waals surface area contributed by atoms with E-state index >= 15 is 0 Å². The topological polar surface area (TPSA) is 28.4 Å². The van der Waals surface area contributed by atoms with E-state index in [-0.39, 0.29) is 0 Å². The molecular formula is C16H22N2O. The molecule has 0 radical (unpaired) electrons. The Morgan fingerprint density at radius 1 is 1.42 bits per heavy atom. The van der Waals surface area contributed by atoms with Crippen molar-refractivity contribution >= 4 is 11.0 Å². The van der Waals surface area contributed by atoms with E-state index in [1.807, 2.05) is 12.1 Å². The molecule has 2 unspecified atom stereocenters. The van der Waals surface area contributed by atoms with Crippen LogP contribution in [0.4, 0.5) is 0 Å². The smallest absolute Gasteiger partial charge is 0.134 e. The Balaban J connectivity index is 1.72. The third-order valence-corrected chi connectivity index (χ3v) is 4.19. The second kappa shape index (κ2) is 5.35. The van der Waals surface area contributed by atoms with Crippen LogP contribution in [0.3, 0.4) is 0 Å². The van der Waals surface area contributed by atoms with Gasteiger partial charge in [0.05, 0.1) is 6.04 Å². The summed E-state index contributed by atoms with van der Waals surface area (Å²) in [6.07, 6.45) is 2.59. The molecule has 0 saturated carbocycles. The molecule has 0 bridgehead atoms. The normalized spacial score (nSPS) is 21.3. The first kappa shape index (κ1) is 12.7. The summed E-state index contributed by atoms with van der Waals surface area (Å²) in [4.78, 5) is 2.38. The van der Waals surface area contributed by atoms with Crippen molar-refractivity contribution in [2.24, 2.45) is 0 Å². The van der Waals surface area contributed by atoms with Crippen LogP contribution >= 0.6 is 0 Å². The quantitative estimate of drug-likeness (QED) is 0.913. The molecule has 2 atom stereocenters. The molecule has 3 rings (SSSR count). The first-order valence-corrected chi connectivity index (χ1v) is 7.16. The lowest BCUT2D eigenvalue weighted by Gasteiger charge is -2.26. The maximum absolute atomic E-state index is 5.95. The number of para-hydroxylation sites is 1. The molecule has 1 aliphatic rings. The number of likely N-dealkylation sites (N-methyl/N-ethyl adjacent to an activating group) is 1. The molecule has 1 saturated heterocycles. The lowest BCUT2D eigenvalue weighted by Crippen LogP contribution is -2.36. The highest BCUT2D eigenvalue weighted by Crippen LogP contribution is 2.27. The van der Waals surface area contributed by atoms with Gasteiger partial charge in [0.15, 0.2) is 0 Å². The number of hydrogen-bond donors (Lipinski definition) is 1. The van der Waals surface area contributed by atoms with E-state index in [1.165, 1.54) is 18.2 Å². The standard InChI is InChI=1S/C16H22N2O/c1-12(18(2)11-14-7-5-9-17-14)16-10-13-6-3-4-8-15(13)19-16/h3-4,6,8,10,12,14,17H,5,7,9,11H2,1-2H3. The van der Waals surface area contributed by atoms with Gasteiger partial charge in [0.25, 0.3) is 0 Å². The average Bonchev–Trinajstić information content (AvgIpc) is 3.05. The molecule has 2 aromatic rings. The van der Waals surface area contributed by atoms with Crippen LogP contribution in [-0.4, -0.2) is 31.1 Å². The Kier molecular flexibility index (Phi) is 3.58. The first-order chi connectivity index (χ1) is 9.24. The van der Waals surface area contributed by atoms with Gasteiger partial charge in [-0.3, -0.25) is 4.90 Å². The highest BCUT2D eigenvalue weighted by Gasteiger charge is 2.21. The zero-order valence-electron chi connectivity index (χ0n) is 11.7. The summed E-state index contributed by atoms with van der Waals surface area (Å²) in [6.45, 7) is 4.46. The van der Waals surface area contributed by atoms with Gasteiger partial charge in [0.2, 0.25) is 0 Å². The van der Waals surface area contributed by atoms with Crippen LogP contribution in [0.5, 0.6) is 0 Å². The van der Waals surface area contributed by atoms with Gasteiger partial charge in [-0.05, 0) is 45.5 Å². The summed E-state index contributed by atoms with van der Waals surface area (Å²) in [5, 5.41) is 4.74. The second-order valence-corrected chi connectivity index (χ2v) is 5.60. The van der Waals surface area contributed by atoms with E-state index in [0.717, 1.165) is 24.4 Å². The molecule has 0 amide bonds. The van der Waals surface area contributed by atoms with Crippen LogP contribution in [-0.2, 0) is 0 Å². The zero-order chi connectivity index (χ0) is 13.2. The molecule has 19 heavy (non-hydrogen) atoms. The van der Waals surface area contributed by atoms with Crippen LogP contribution in [0.2, 0.25) is 0 Å². The lowest BCUT2D eigenvalue weighted by atomic mass is 10.1. The van der Waals surface area contributed by atoms with Crippen LogP contribution in [0.15, 0.2) is 34.7 Å². The summed E-state index contributed by atoms with van der Waals surface area (Å²) < 4.78 is 5.95. The summed E-state index contributed by atoms with van der Waals surface area (Å²) in [5.74, 6) is 1.06. The number of nitrogens with zero attached hydrogens (tertiary/aromatic N) is 1. The van der Waals surface area contributed by atoms with Gasteiger partial charge in [-0.1, -0.05) is 18.2 Å². The van der Waals surface area contributed by atoms with Crippen molar-refractivity contribution in [1.82, 2.24) is 10.2 Å². The average molecular weight is 258 g/mol. The number of furan rings is 1. The predicted octanol–water partition coefficient (Wildman–Crippen LogP) is 3.18. The maximum Gasteiger partial charge on any atom is 0.134 e. The Morgan fingerprint density at radius 3 is 3.00 bits per heavy atom. The maximum atomic E-state index is 5.95. The summed E-state index contributed by atoms with van der Waals surface area (Å²) >= 11 is 0. The molecule has 2 heterocycles. The fourth-order valence-electron chi connectivity index (χ4n) is 2.84. The summed E-state index contributed by atoms with van der Waals surface area (Å²) in [5.41, 5.74) is 0.983. The van der Waals surface area contributed by atoms with Gasteiger partial charge in [0.1, 0.15) is 11.3 Å². The Hall–Kier alpha value is -1.32. The summed E-state index contributed by atoms with van der Waals surface area (Å²) in [7, 11) is 2.18. The molecule has 1 N–H and O–H groups in total. The molecule has 1 fully saturated rings. The lowest BCUT2D eigenvalue weighted by molar-refractivity contribution is 0.215. The van der Waals surface area contributed by atoms with E-state index in [4.69, 9.17) is 4.42 Å². The third kappa shape index (κ3) is 2.67. The minimum absolute atomic E-state index is 0.315. The minimum atomic E-state index is 0.315. The number of nitrogens with one attached hydrogen (secondary N) is 1. The van der Waals surface area contributed by atoms with Gasteiger partial charge < -0.3 is 9.73 Å². The first-order valence-electron chi connectivity index (χ1n) is 7.16. The second-order valence-electron chi connectivity index (χ2n) is 5.60.